The van der Waals surface area contributed by atoms with Gasteiger partial charge in [-0.25, -0.2) is 0 Å². The first-order valence-corrected chi connectivity index (χ1v) is 6.83. The van der Waals surface area contributed by atoms with E-state index in [4.69, 9.17) is 4.74 Å². The van der Waals surface area contributed by atoms with E-state index in [0.29, 0.717) is 12.2 Å². The van der Waals surface area contributed by atoms with Crippen LogP contribution in [0.5, 0.6) is 0 Å². The molecular weight excluding hydrogens is 224 g/mol. The van der Waals surface area contributed by atoms with Crippen LogP contribution in [0.1, 0.15) is 37.7 Å². The van der Waals surface area contributed by atoms with E-state index in [2.05, 4.69) is 24.3 Å². The van der Waals surface area contributed by atoms with Crippen LogP contribution in [0, 0.1) is 0 Å². The Labute approximate surface area is 108 Å². The second-order valence-corrected chi connectivity index (χ2v) is 5.61. The van der Waals surface area contributed by atoms with Gasteiger partial charge in [0.1, 0.15) is 0 Å². The Kier molecular flexibility index (Phi) is 3.23. The van der Waals surface area contributed by atoms with Crippen molar-refractivity contribution >= 4 is 6.08 Å². The summed E-state index contributed by atoms with van der Waals surface area (Å²) >= 11 is 0. The zero-order valence-electron chi connectivity index (χ0n) is 10.6. The fraction of sp³-hybridized carbons (Fsp3) is 0.500. The maximum Gasteiger partial charge on any atom is 0.0731 e. The van der Waals surface area contributed by atoms with Crippen molar-refractivity contribution in [1.82, 2.24) is 0 Å². The summed E-state index contributed by atoms with van der Waals surface area (Å²) in [6, 6.07) is 10.2. The van der Waals surface area contributed by atoms with E-state index in [9.17, 15) is 5.11 Å². The summed E-state index contributed by atoms with van der Waals surface area (Å²) in [5.41, 5.74) is 0.645. The topological polar surface area (TPSA) is 29.5 Å². The molecular formula is C16H20O2. The number of hydrogen-bond donors (Lipinski definition) is 1. The standard InChI is InChI=1S/C16H20O2/c17-16(11-14-8-9-15(12-16)18-14)10-4-7-13-5-2-1-3-6-13/h1-7,14-15,17H,8-12H2/b7-4+. The Hall–Kier alpha value is -1.12. The fourth-order valence-corrected chi connectivity index (χ4v) is 3.16. The molecule has 0 aromatic heterocycles. The Morgan fingerprint density at radius 2 is 1.83 bits per heavy atom. The fourth-order valence-electron chi connectivity index (χ4n) is 3.16. The smallest absolute Gasteiger partial charge is 0.0731 e. The summed E-state index contributed by atoms with van der Waals surface area (Å²) in [4.78, 5) is 0. The quantitative estimate of drug-likeness (QED) is 0.885. The average molecular weight is 244 g/mol. The van der Waals surface area contributed by atoms with Crippen LogP contribution in [-0.2, 0) is 4.74 Å². The minimum Gasteiger partial charge on any atom is -0.389 e. The number of fused-ring (bicyclic) bond motifs is 2. The number of rotatable bonds is 3. The van der Waals surface area contributed by atoms with Crippen LogP contribution < -0.4 is 0 Å². The summed E-state index contributed by atoms with van der Waals surface area (Å²) in [6.07, 6.45) is 9.33. The minimum absolute atomic E-state index is 0.291. The highest BCUT2D eigenvalue weighted by Crippen LogP contribution is 2.40. The van der Waals surface area contributed by atoms with Crippen molar-refractivity contribution in [2.45, 2.75) is 49.9 Å². The number of benzene rings is 1. The second-order valence-electron chi connectivity index (χ2n) is 5.61. The lowest BCUT2D eigenvalue weighted by Crippen LogP contribution is -2.40. The second kappa shape index (κ2) is 4.87. The van der Waals surface area contributed by atoms with Gasteiger partial charge in [0.25, 0.3) is 0 Å². The maximum atomic E-state index is 10.6. The summed E-state index contributed by atoms with van der Waals surface area (Å²) in [5.74, 6) is 0. The van der Waals surface area contributed by atoms with Gasteiger partial charge in [-0.15, -0.1) is 0 Å². The molecule has 2 aliphatic heterocycles. The van der Waals surface area contributed by atoms with Crippen molar-refractivity contribution in [3.63, 3.8) is 0 Å². The highest BCUT2D eigenvalue weighted by atomic mass is 16.5. The normalized spacial score (nSPS) is 35.2. The molecule has 0 amide bonds. The third kappa shape index (κ3) is 2.65. The molecule has 2 heteroatoms. The predicted molar refractivity (Wildman–Crippen MR) is 72.2 cm³/mol. The van der Waals surface area contributed by atoms with Gasteiger partial charge in [0, 0.05) is 12.8 Å². The van der Waals surface area contributed by atoms with Crippen LogP contribution in [-0.4, -0.2) is 22.9 Å². The van der Waals surface area contributed by atoms with Crippen molar-refractivity contribution in [1.29, 1.82) is 0 Å². The first-order valence-electron chi connectivity index (χ1n) is 6.83. The average Bonchev–Trinajstić information content (AvgIpc) is 2.70. The molecule has 18 heavy (non-hydrogen) atoms. The van der Waals surface area contributed by atoms with Gasteiger partial charge in [0.15, 0.2) is 0 Å². The van der Waals surface area contributed by atoms with E-state index in [-0.39, 0.29) is 0 Å². The van der Waals surface area contributed by atoms with Crippen molar-refractivity contribution in [2.24, 2.45) is 0 Å². The Balaban J connectivity index is 1.61. The molecule has 1 aromatic carbocycles. The SMILES string of the molecule is OC1(C/C=C/c2ccccc2)CC2CCC(C1)O2. The molecule has 0 saturated carbocycles. The maximum absolute atomic E-state index is 10.6. The third-order valence-corrected chi connectivity index (χ3v) is 4.02. The van der Waals surface area contributed by atoms with Crippen LogP contribution in [0.4, 0.5) is 0 Å². The largest absolute Gasteiger partial charge is 0.389 e. The minimum atomic E-state index is -0.546. The van der Waals surface area contributed by atoms with Gasteiger partial charge < -0.3 is 9.84 Å². The molecule has 2 bridgehead atoms. The zero-order chi connectivity index (χ0) is 12.4. The molecule has 1 aromatic rings. The van der Waals surface area contributed by atoms with E-state index >= 15 is 0 Å². The van der Waals surface area contributed by atoms with Crippen molar-refractivity contribution < 1.29 is 9.84 Å². The Morgan fingerprint density at radius 3 is 2.50 bits per heavy atom. The molecule has 2 atom stereocenters. The lowest BCUT2D eigenvalue weighted by molar-refractivity contribution is -0.109. The Bertz CT molecular complexity index is 412. The Morgan fingerprint density at radius 1 is 1.17 bits per heavy atom. The predicted octanol–water partition coefficient (Wildman–Crippen LogP) is 3.16. The first-order chi connectivity index (χ1) is 8.73. The third-order valence-electron chi connectivity index (χ3n) is 4.02. The van der Waals surface area contributed by atoms with Gasteiger partial charge in [-0.1, -0.05) is 42.5 Å². The molecule has 2 unspecified atom stereocenters. The summed E-state index contributed by atoms with van der Waals surface area (Å²) in [7, 11) is 0. The molecule has 2 heterocycles. The molecule has 2 aliphatic rings. The van der Waals surface area contributed by atoms with Crippen molar-refractivity contribution in [2.75, 3.05) is 0 Å². The van der Waals surface area contributed by atoms with Gasteiger partial charge in [0.2, 0.25) is 0 Å². The summed E-state index contributed by atoms with van der Waals surface area (Å²) in [6.45, 7) is 0. The first kappa shape index (κ1) is 11.9. The molecule has 0 aliphatic carbocycles. The molecule has 0 radical (unpaired) electrons. The van der Waals surface area contributed by atoms with Crippen LogP contribution in [0.2, 0.25) is 0 Å². The van der Waals surface area contributed by atoms with Crippen LogP contribution >= 0.6 is 0 Å². The van der Waals surface area contributed by atoms with Crippen molar-refractivity contribution in [3.8, 4) is 0 Å². The van der Waals surface area contributed by atoms with E-state index in [1.54, 1.807) is 0 Å². The zero-order valence-corrected chi connectivity index (χ0v) is 10.6. The lowest BCUT2D eigenvalue weighted by Gasteiger charge is -2.35. The number of aliphatic hydroxyl groups is 1. The monoisotopic (exact) mass is 244 g/mol. The molecule has 1 N–H and O–H groups in total. The molecule has 2 fully saturated rings. The van der Waals surface area contributed by atoms with Crippen LogP contribution in [0.25, 0.3) is 6.08 Å². The molecule has 2 nitrogen and oxygen atoms in total. The number of hydrogen-bond acceptors (Lipinski definition) is 2. The van der Waals surface area contributed by atoms with E-state index in [1.807, 2.05) is 18.2 Å². The molecule has 2 saturated heterocycles. The van der Waals surface area contributed by atoms with Gasteiger partial charge in [-0.2, -0.15) is 0 Å². The molecule has 96 valence electrons. The summed E-state index contributed by atoms with van der Waals surface area (Å²) < 4.78 is 5.77. The lowest BCUT2D eigenvalue weighted by atomic mass is 9.87. The van der Waals surface area contributed by atoms with Crippen LogP contribution in [0.15, 0.2) is 36.4 Å². The van der Waals surface area contributed by atoms with Crippen LogP contribution in [0.3, 0.4) is 0 Å². The van der Waals surface area contributed by atoms with E-state index in [1.165, 1.54) is 5.56 Å². The molecule has 3 rings (SSSR count). The van der Waals surface area contributed by atoms with E-state index in [0.717, 1.165) is 32.1 Å². The summed E-state index contributed by atoms with van der Waals surface area (Å²) in [5, 5.41) is 10.6. The van der Waals surface area contributed by atoms with Gasteiger partial charge in [-0.3, -0.25) is 0 Å². The number of ether oxygens (including phenoxy) is 1. The van der Waals surface area contributed by atoms with Gasteiger partial charge >= 0.3 is 0 Å². The highest BCUT2D eigenvalue weighted by Gasteiger charge is 2.42. The molecule has 0 spiro atoms. The van der Waals surface area contributed by atoms with Gasteiger partial charge in [0.05, 0.1) is 17.8 Å². The van der Waals surface area contributed by atoms with Gasteiger partial charge in [-0.05, 0) is 24.8 Å². The highest BCUT2D eigenvalue weighted by molar-refractivity contribution is 5.48. The van der Waals surface area contributed by atoms with E-state index < -0.39 is 5.60 Å². The van der Waals surface area contributed by atoms with Crippen molar-refractivity contribution in [3.05, 3.63) is 42.0 Å².